The zero-order valence-corrected chi connectivity index (χ0v) is 12.6. The second-order valence-electron chi connectivity index (χ2n) is 5.92. The molecule has 3 rings (SSSR count). The Bertz CT molecular complexity index is 482. The fourth-order valence-electron chi connectivity index (χ4n) is 3.11. The normalized spacial score (nSPS) is 26.2. The Hall–Kier alpha value is -1.43. The molecule has 0 saturated carbocycles. The van der Waals surface area contributed by atoms with Crippen LogP contribution in [0.1, 0.15) is 56.7 Å². The highest BCUT2D eigenvalue weighted by molar-refractivity contribution is 5.81. The van der Waals surface area contributed by atoms with Gasteiger partial charge in [0, 0.05) is 26.1 Å². The molecule has 0 radical (unpaired) electrons. The number of likely N-dealkylation sites (tertiary alicyclic amines) is 1. The number of aromatic nitrogens is 2. The van der Waals surface area contributed by atoms with Gasteiger partial charge in [0.1, 0.15) is 6.10 Å². The monoisotopic (exact) mass is 293 g/mol. The van der Waals surface area contributed by atoms with Crippen LogP contribution in [-0.2, 0) is 16.0 Å². The second kappa shape index (κ2) is 6.56. The molecule has 0 unspecified atom stereocenters. The van der Waals surface area contributed by atoms with E-state index < -0.39 is 0 Å². The van der Waals surface area contributed by atoms with Crippen molar-refractivity contribution in [3.63, 3.8) is 0 Å². The first-order valence-electron chi connectivity index (χ1n) is 8.00. The lowest BCUT2D eigenvalue weighted by atomic mass is 9.97. The van der Waals surface area contributed by atoms with E-state index in [1.54, 1.807) is 0 Å². The van der Waals surface area contributed by atoms with Gasteiger partial charge in [0.05, 0.1) is 5.92 Å². The van der Waals surface area contributed by atoms with Gasteiger partial charge in [-0.3, -0.25) is 4.79 Å². The maximum absolute atomic E-state index is 12.4. The van der Waals surface area contributed by atoms with Gasteiger partial charge in [-0.25, -0.2) is 0 Å². The van der Waals surface area contributed by atoms with Gasteiger partial charge in [0.15, 0.2) is 5.82 Å². The zero-order chi connectivity index (χ0) is 14.7. The molecule has 116 valence electrons. The van der Waals surface area contributed by atoms with Crippen LogP contribution in [0, 0.1) is 0 Å². The lowest BCUT2D eigenvalue weighted by Gasteiger charge is -2.32. The predicted octanol–water partition coefficient (Wildman–Crippen LogP) is 1.91. The molecule has 21 heavy (non-hydrogen) atoms. The van der Waals surface area contributed by atoms with Gasteiger partial charge in [-0.05, 0) is 32.1 Å². The van der Waals surface area contributed by atoms with Crippen molar-refractivity contribution in [2.75, 3.05) is 19.7 Å². The highest BCUT2D eigenvalue weighted by Gasteiger charge is 2.33. The standard InChI is InChI=1S/C15H23N3O3/c1-2-5-13-16-14(21-17-13)11-6-3-8-18(10-11)15(19)12-7-4-9-20-12/h11-12H,2-10H2,1H3/t11-,12+/m0/s1. The summed E-state index contributed by atoms with van der Waals surface area (Å²) >= 11 is 0. The molecule has 0 bridgehead atoms. The van der Waals surface area contributed by atoms with E-state index in [0.29, 0.717) is 19.0 Å². The van der Waals surface area contributed by atoms with Crippen LogP contribution in [0.5, 0.6) is 0 Å². The Morgan fingerprint density at radius 1 is 1.38 bits per heavy atom. The number of rotatable bonds is 4. The number of aryl methyl sites for hydroxylation is 1. The van der Waals surface area contributed by atoms with Gasteiger partial charge < -0.3 is 14.2 Å². The number of nitrogens with zero attached hydrogens (tertiary/aromatic N) is 3. The molecule has 0 aromatic carbocycles. The minimum atomic E-state index is -0.234. The Balaban J connectivity index is 1.63. The van der Waals surface area contributed by atoms with E-state index in [-0.39, 0.29) is 17.9 Å². The van der Waals surface area contributed by atoms with Gasteiger partial charge in [-0.1, -0.05) is 12.1 Å². The first kappa shape index (κ1) is 14.5. The molecule has 1 amide bonds. The number of hydrogen-bond acceptors (Lipinski definition) is 5. The van der Waals surface area contributed by atoms with Crippen LogP contribution in [0.15, 0.2) is 4.52 Å². The van der Waals surface area contributed by atoms with Crippen LogP contribution in [0.25, 0.3) is 0 Å². The van der Waals surface area contributed by atoms with Crippen molar-refractivity contribution in [1.29, 1.82) is 0 Å². The van der Waals surface area contributed by atoms with E-state index in [4.69, 9.17) is 9.26 Å². The molecule has 0 spiro atoms. The summed E-state index contributed by atoms with van der Waals surface area (Å²) < 4.78 is 10.9. The Morgan fingerprint density at radius 2 is 2.29 bits per heavy atom. The summed E-state index contributed by atoms with van der Waals surface area (Å²) in [5, 5.41) is 4.01. The van der Waals surface area contributed by atoms with Crippen LogP contribution in [0.4, 0.5) is 0 Å². The molecule has 2 atom stereocenters. The summed E-state index contributed by atoms with van der Waals surface area (Å²) in [4.78, 5) is 18.8. The molecule has 2 aliphatic rings. The van der Waals surface area contributed by atoms with Crippen molar-refractivity contribution in [1.82, 2.24) is 15.0 Å². The van der Waals surface area contributed by atoms with Gasteiger partial charge in [-0.2, -0.15) is 4.98 Å². The maximum Gasteiger partial charge on any atom is 0.251 e. The molecule has 6 nitrogen and oxygen atoms in total. The van der Waals surface area contributed by atoms with Crippen LogP contribution in [0.2, 0.25) is 0 Å². The van der Waals surface area contributed by atoms with E-state index in [1.165, 1.54) is 0 Å². The molecule has 1 aromatic rings. The van der Waals surface area contributed by atoms with Crippen molar-refractivity contribution in [2.45, 2.75) is 57.5 Å². The summed E-state index contributed by atoms with van der Waals surface area (Å²) in [5.41, 5.74) is 0. The van der Waals surface area contributed by atoms with Gasteiger partial charge >= 0.3 is 0 Å². The SMILES string of the molecule is CCCc1noc([C@H]2CCCN(C(=O)[C@H]3CCCO3)C2)n1. The Kier molecular flexibility index (Phi) is 4.53. The average molecular weight is 293 g/mol. The van der Waals surface area contributed by atoms with Crippen molar-refractivity contribution < 1.29 is 14.1 Å². The van der Waals surface area contributed by atoms with Crippen LogP contribution < -0.4 is 0 Å². The number of carbonyl (C=O) groups excluding carboxylic acids is 1. The van der Waals surface area contributed by atoms with Gasteiger partial charge in [-0.15, -0.1) is 0 Å². The summed E-state index contributed by atoms with van der Waals surface area (Å²) in [6, 6.07) is 0. The first-order valence-corrected chi connectivity index (χ1v) is 8.00. The van der Waals surface area contributed by atoms with E-state index >= 15 is 0 Å². The molecule has 0 aliphatic carbocycles. The molecule has 6 heteroatoms. The van der Waals surface area contributed by atoms with Crippen molar-refractivity contribution in [2.24, 2.45) is 0 Å². The lowest BCUT2D eigenvalue weighted by Crippen LogP contribution is -2.44. The van der Waals surface area contributed by atoms with Gasteiger partial charge in [0.25, 0.3) is 5.91 Å². The molecule has 3 heterocycles. The molecular formula is C15H23N3O3. The fraction of sp³-hybridized carbons (Fsp3) is 0.800. The molecule has 2 saturated heterocycles. The topological polar surface area (TPSA) is 68.5 Å². The van der Waals surface area contributed by atoms with Crippen molar-refractivity contribution in [3.8, 4) is 0 Å². The van der Waals surface area contributed by atoms with Crippen LogP contribution in [0.3, 0.4) is 0 Å². The number of carbonyl (C=O) groups is 1. The molecular weight excluding hydrogens is 270 g/mol. The Labute approximate surface area is 124 Å². The highest BCUT2D eigenvalue weighted by atomic mass is 16.5. The minimum absolute atomic E-state index is 0.130. The second-order valence-corrected chi connectivity index (χ2v) is 5.92. The average Bonchev–Trinajstić information content (AvgIpc) is 3.18. The van der Waals surface area contributed by atoms with E-state index in [2.05, 4.69) is 17.1 Å². The molecule has 1 aromatic heterocycles. The number of ether oxygens (including phenoxy) is 1. The van der Waals surface area contributed by atoms with E-state index in [1.807, 2.05) is 4.90 Å². The number of amides is 1. The largest absolute Gasteiger partial charge is 0.368 e. The third-order valence-corrected chi connectivity index (χ3v) is 4.24. The lowest BCUT2D eigenvalue weighted by molar-refractivity contribution is -0.142. The summed E-state index contributed by atoms with van der Waals surface area (Å²) in [6.45, 7) is 4.29. The molecule has 0 N–H and O–H groups in total. The Morgan fingerprint density at radius 3 is 3.05 bits per heavy atom. The summed E-state index contributed by atoms with van der Waals surface area (Å²) in [7, 11) is 0. The van der Waals surface area contributed by atoms with Crippen molar-refractivity contribution in [3.05, 3.63) is 11.7 Å². The fourth-order valence-corrected chi connectivity index (χ4v) is 3.11. The maximum atomic E-state index is 12.4. The van der Waals surface area contributed by atoms with Crippen LogP contribution >= 0.6 is 0 Å². The third kappa shape index (κ3) is 3.26. The van der Waals surface area contributed by atoms with Crippen molar-refractivity contribution >= 4 is 5.91 Å². The molecule has 2 aliphatic heterocycles. The van der Waals surface area contributed by atoms with Crippen LogP contribution in [-0.4, -0.2) is 46.7 Å². The third-order valence-electron chi connectivity index (χ3n) is 4.24. The summed E-state index contributed by atoms with van der Waals surface area (Å²) in [6.07, 6.45) is 5.43. The predicted molar refractivity (Wildman–Crippen MR) is 75.8 cm³/mol. The highest BCUT2D eigenvalue weighted by Crippen LogP contribution is 2.27. The first-order chi connectivity index (χ1) is 10.3. The minimum Gasteiger partial charge on any atom is -0.368 e. The van der Waals surface area contributed by atoms with E-state index in [9.17, 15) is 4.79 Å². The summed E-state index contributed by atoms with van der Waals surface area (Å²) in [5.74, 6) is 1.76. The smallest absolute Gasteiger partial charge is 0.251 e. The quantitative estimate of drug-likeness (QED) is 0.848. The number of piperidine rings is 1. The van der Waals surface area contributed by atoms with E-state index in [0.717, 1.165) is 50.9 Å². The molecule has 2 fully saturated rings. The number of hydrogen-bond donors (Lipinski definition) is 0. The van der Waals surface area contributed by atoms with Gasteiger partial charge in [0.2, 0.25) is 5.89 Å². The zero-order valence-electron chi connectivity index (χ0n) is 12.6.